The van der Waals surface area contributed by atoms with Crippen LogP contribution in [0, 0.1) is 0 Å². The number of hydrogen-bond donors (Lipinski definition) is 2. The molecule has 4 nitrogen and oxygen atoms in total. The van der Waals surface area contributed by atoms with Gasteiger partial charge in [0, 0.05) is 10.0 Å². The Labute approximate surface area is 94.9 Å². The summed E-state index contributed by atoms with van der Waals surface area (Å²) in [7, 11) is 1.47. The third-order valence-electron chi connectivity index (χ3n) is 1.70. The van der Waals surface area contributed by atoms with Crippen LogP contribution >= 0.6 is 15.9 Å². The molecule has 0 saturated heterocycles. The fourth-order valence-electron chi connectivity index (χ4n) is 1.03. The first-order valence-corrected chi connectivity index (χ1v) is 4.81. The van der Waals surface area contributed by atoms with Crippen molar-refractivity contribution >= 4 is 28.0 Å². The summed E-state index contributed by atoms with van der Waals surface area (Å²) >= 11 is 3.24. The molecule has 1 aromatic rings. The summed E-state index contributed by atoms with van der Waals surface area (Å²) in [6.07, 6.45) is 1.13. The molecule has 2 N–H and O–H groups in total. The quantitative estimate of drug-likeness (QED) is 0.655. The van der Waals surface area contributed by atoms with E-state index in [2.05, 4.69) is 15.9 Å². The van der Waals surface area contributed by atoms with Crippen molar-refractivity contribution in [2.24, 2.45) is 0 Å². The highest BCUT2D eigenvalue weighted by Crippen LogP contribution is 2.24. The van der Waals surface area contributed by atoms with Gasteiger partial charge in [-0.1, -0.05) is 15.9 Å². The van der Waals surface area contributed by atoms with Gasteiger partial charge < -0.3 is 14.9 Å². The largest absolute Gasteiger partial charge is 0.502 e. The number of halogens is 1. The van der Waals surface area contributed by atoms with E-state index in [4.69, 9.17) is 14.9 Å². The second kappa shape index (κ2) is 4.84. The third kappa shape index (κ3) is 2.99. The number of carbonyl (C=O) groups is 1. The minimum absolute atomic E-state index is 0.492. The maximum absolute atomic E-state index is 10.4. The maximum atomic E-state index is 10.4. The summed E-state index contributed by atoms with van der Waals surface area (Å²) in [5.41, 5.74) is 0.492. The first-order chi connectivity index (χ1) is 7.04. The zero-order valence-corrected chi connectivity index (χ0v) is 9.48. The molecule has 0 unspecified atom stereocenters. The van der Waals surface area contributed by atoms with Gasteiger partial charge in [-0.3, -0.25) is 0 Å². The average molecular weight is 273 g/mol. The van der Waals surface area contributed by atoms with E-state index < -0.39 is 11.7 Å². The topological polar surface area (TPSA) is 66.8 Å². The molecule has 15 heavy (non-hydrogen) atoms. The van der Waals surface area contributed by atoms with Crippen molar-refractivity contribution in [3.8, 4) is 5.75 Å². The van der Waals surface area contributed by atoms with Gasteiger partial charge in [0.15, 0.2) is 0 Å². The van der Waals surface area contributed by atoms with E-state index in [0.29, 0.717) is 11.3 Å². The summed E-state index contributed by atoms with van der Waals surface area (Å²) in [5, 5.41) is 17.6. The lowest BCUT2D eigenvalue weighted by Crippen LogP contribution is -1.99. The van der Waals surface area contributed by atoms with Crippen LogP contribution in [-0.2, 0) is 4.79 Å². The summed E-state index contributed by atoms with van der Waals surface area (Å²) < 4.78 is 5.78. The molecule has 80 valence electrons. The number of carboxylic acids is 1. The number of rotatable bonds is 3. The molecular formula is C10H9BrO4. The number of ether oxygens (including phenoxy) is 1. The molecule has 0 amide bonds. The van der Waals surface area contributed by atoms with E-state index in [1.54, 1.807) is 18.2 Å². The van der Waals surface area contributed by atoms with Crippen LogP contribution in [0.4, 0.5) is 0 Å². The van der Waals surface area contributed by atoms with Crippen LogP contribution in [0.15, 0.2) is 28.4 Å². The number of hydrogen-bond acceptors (Lipinski definition) is 3. The number of aliphatic carboxylic acids is 1. The lowest BCUT2D eigenvalue weighted by Gasteiger charge is -2.05. The van der Waals surface area contributed by atoms with Gasteiger partial charge in [-0.15, -0.1) is 0 Å². The summed E-state index contributed by atoms with van der Waals surface area (Å²) in [6, 6.07) is 5.08. The first kappa shape index (κ1) is 11.6. The number of aliphatic hydroxyl groups is 1. The monoisotopic (exact) mass is 272 g/mol. The van der Waals surface area contributed by atoms with Crippen LogP contribution in [0.3, 0.4) is 0 Å². The predicted molar refractivity (Wildman–Crippen MR) is 58.9 cm³/mol. The first-order valence-electron chi connectivity index (χ1n) is 4.02. The zero-order chi connectivity index (χ0) is 11.4. The Morgan fingerprint density at radius 2 is 2.13 bits per heavy atom. The van der Waals surface area contributed by atoms with Gasteiger partial charge in [0.05, 0.1) is 7.11 Å². The van der Waals surface area contributed by atoms with E-state index in [0.717, 1.165) is 10.5 Å². The van der Waals surface area contributed by atoms with E-state index in [9.17, 15) is 4.79 Å². The van der Waals surface area contributed by atoms with E-state index >= 15 is 0 Å². The van der Waals surface area contributed by atoms with Gasteiger partial charge in [-0.2, -0.15) is 0 Å². The Bertz CT molecular complexity index is 412. The fraction of sp³-hybridized carbons (Fsp3) is 0.100. The average Bonchev–Trinajstić information content (AvgIpc) is 2.18. The molecule has 1 aromatic carbocycles. The molecule has 0 atom stereocenters. The molecule has 0 spiro atoms. The minimum Gasteiger partial charge on any atom is -0.502 e. The van der Waals surface area contributed by atoms with Crippen LogP contribution in [0.25, 0.3) is 6.08 Å². The molecule has 0 heterocycles. The minimum atomic E-state index is -1.38. The van der Waals surface area contributed by atoms with E-state index in [-0.39, 0.29) is 0 Å². The van der Waals surface area contributed by atoms with Crippen LogP contribution in [-0.4, -0.2) is 23.3 Å². The Balaban J connectivity index is 3.18. The smallest absolute Gasteiger partial charge is 0.370 e. The van der Waals surface area contributed by atoms with Gasteiger partial charge in [-0.25, -0.2) is 4.79 Å². The molecule has 0 bridgehead atoms. The van der Waals surface area contributed by atoms with Crippen molar-refractivity contribution in [2.75, 3.05) is 7.11 Å². The van der Waals surface area contributed by atoms with Crippen molar-refractivity contribution in [3.63, 3.8) is 0 Å². The highest BCUT2D eigenvalue weighted by molar-refractivity contribution is 9.10. The molecule has 1 rings (SSSR count). The summed E-state index contributed by atoms with van der Waals surface area (Å²) in [4.78, 5) is 10.4. The van der Waals surface area contributed by atoms with Crippen LogP contribution < -0.4 is 4.74 Å². The van der Waals surface area contributed by atoms with Crippen LogP contribution in [0.2, 0.25) is 0 Å². The molecule has 0 aromatic heterocycles. The highest BCUT2D eigenvalue weighted by atomic mass is 79.9. The molecular weight excluding hydrogens is 264 g/mol. The van der Waals surface area contributed by atoms with Crippen molar-refractivity contribution < 1.29 is 19.7 Å². The zero-order valence-electron chi connectivity index (χ0n) is 7.90. The molecule has 0 radical (unpaired) electrons. The van der Waals surface area contributed by atoms with Gasteiger partial charge in [-0.05, 0) is 24.3 Å². The highest BCUT2D eigenvalue weighted by Gasteiger charge is 2.07. The number of carboxylic acid groups (broad SMARTS) is 1. The van der Waals surface area contributed by atoms with Crippen LogP contribution in [0.5, 0.6) is 5.75 Å². The molecule has 0 fully saturated rings. The Morgan fingerprint density at radius 3 is 2.67 bits per heavy atom. The van der Waals surface area contributed by atoms with Crippen molar-refractivity contribution in [1.82, 2.24) is 0 Å². The van der Waals surface area contributed by atoms with Crippen molar-refractivity contribution in [2.45, 2.75) is 0 Å². The normalized spacial score (nSPS) is 11.2. The lowest BCUT2D eigenvalue weighted by atomic mass is 10.2. The van der Waals surface area contributed by atoms with Crippen LogP contribution in [0.1, 0.15) is 5.56 Å². The number of aliphatic hydroxyl groups excluding tert-OH is 1. The SMILES string of the molecule is COc1ccc(Br)cc1C=C(O)C(=O)O. The van der Waals surface area contributed by atoms with Gasteiger partial charge >= 0.3 is 5.97 Å². The van der Waals surface area contributed by atoms with Gasteiger partial charge in [0.25, 0.3) is 0 Å². The molecule has 0 aliphatic heterocycles. The second-order valence-corrected chi connectivity index (χ2v) is 3.64. The van der Waals surface area contributed by atoms with Crippen molar-refractivity contribution in [3.05, 3.63) is 34.0 Å². The summed E-state index contributed by atoms with van der Waals surface area (Å²) in [5.74, 6) is -1.62. The number of benzene rings is 1. The van der Waals surface area contributed by atoms with Crippen molar-refractivity contribution in [1.29, 1.82) is 0 Å². The summed E-state index contributed by atoms with van der Waals surface area (Å²) in [6.45, 7) is 0. The Kier molecular flexibility index (Phi) is 3.74. The second-order valence-electron chi connectivity index (χ2n) is 2.72. The molecule has 0 saturated carbocycles. The fourth-order valence-corrected chi connectivity index (χ4v) is 1.41. The third-order valence-corrected chi connectivity index (χ3v) is 2.20. The molecule has 0 aliphatic carbocycles. The lowest BCUT2D eigenvalue weighted by molar-refractivity contribution is -0.135. The number of methoxy groups -OCH3 is 1. The van der Waals surface area contributed by atoms with E-state index in [1.165, 1.54) is 7.11 Å². The van der Waals surface area contributed by atoms with E-state index in [1.807, 2.05) is 0 Å². The van der Waals surface area contributed by atoms with Gasteiger partial charge in [0.2, 0.25) is 5.76 Å². The van der Waals surface area contributed by atoms with Gasteiger partial charge in [0.1, 0.15) is 5.75 Å². The Morgan fingerprint density at radius 1 is 1.47 bits per heavy atom. The molecule has 0 aliphatic rings. The maximum Gasteiger partial charge on any atom is 0.370 e. The predicted octanol–water partition coefficient (Wildman–Crippen LogP) is 2.44. The standard InChI is InChI=1S/C10H9BrO4/c1-15-9-3-2-7(11)4-6(9)5-8(12)10(13)14/h2-5,12H,1H3,(H,13,14). The molecule has 5 heteroatoms. The Hall–Kier alpha value is -1.49.